The molecule has 0 radical (unpaired) electrons. The van der Waals surface area contributed by atoms with Crippen molar-refractivity contribution in [2.45, 2.75) is 25.6 Å². The number of benzene rings is 2. The van der Waals surface area contributed by atoms with E-state index < -0.39 is 23.2 Å². The largest absolute Gasteiger partial charge is 0.478 e. The fraction of sp³-hybridized carbons (Fsp3) is 0.167. The lowest BCUT2D eigenvalue weighted by Gasteiger charge is -2.27. The topological polar surface area (TPSA) is 71.3 Å². The van der Waals surface area contributed by atoms with Crippen LogP contribution in [0.2, 0.25) is 0 Å². The number of hydrogen-bond donors (Lipinski definition) is 2. The number of alkyl halides is 3. The molecule has 0 bridgehead atoms. The van der Waals surface area contributed by atoms with Gasteiger partial charge in [0.2, 0.25) is 0 Å². The van der Waals surface area contributed by atoms with Crippen molar-refractivity contribution in [3.05, 3.63) is 88.4 Å². The summed E-state index contributed by atoms with van der Waals surface area (Å²) in [4.78, 5) is 24.3. The summed E-state index contributed by atoms with van der Waals surface area (Å²) < 4.78 is 41.2. The molecule has 0 atom stereocenters. The number of carboxylic acid groups (broad SMARTS) is 1. The van der Waals surface area contributed by atoms with Crippen LogP contribution in [0.3, 0.4) is 0 Å². The van der Waals surface area contributed by atoms with Crippen molar-refractivity contribution in [1.29, 1.82) is 0 Å². The van der Waals surface area contributed by atoms with Gasteiger partial charge in [-0.1, -0.05) is 12.1 Å². The van der Waals surface area contributed by atoms with Gasteiger partial charge in [0, 0.05) is 17.3 Å². The molecular formula is C24H19F3N2O3S. The van der Waals surface area contributed by atoms with Crippen molar-refractivity contribution in [2.75, 3.05) is 0 Å². The summed E-state index contributed by atoms with van der Waals surface area (Å²) >= 11 is 1.37. The first-order valence-corrected chi connectivity index (χ1v) is 10.8. The summed E-state index contributed by atoms with van der Waals surface area (Å²) in [5, 5.41) is 13.8. The maximum Gasteiger partial charge on any atom is 0.416 e. The number of carbonyl (C=O) groups is 2. The first-order chi connectivity index (χ1) is 15.5. The minimum atomic E-state index is -4.42. The van der Waals surface area contributed by atoms with E-state index in [2.05, 4.69) is 5.32 Å². The Balaban J connectivity index is 1.64. The van der Waals surface area contributed by atoms with Crippen LogP contribution in [0.5, 0.6) is 0 Å². The Morgan fingerprint density at radius 3 is 2.12 bits per heavy atom. The number of thiophene rings is 1. The van der Waals surface area contributed by atoms with Gasteiger partial charge in [-0.3, -0.25) is 4.79 Å². The molecule has 4 aromatic rings. The molecule has 33 heavy (non-hydrogen) atoms. The molecule has 0 saturated heterocycles. The summed E-state index contributed by atoms with van der Waals surface area (Å²) in [6.07, 6.45) is -2.71. The Hall–Kier alpha value is -3.59. The van der Waals surface area contributed by atoms with Crippen molar-refractivity contribution in [1.82, 2.24) is 9.88 Å². The molecule has 4 rings (SSSR count). The first kappa shape index (κ1) is 22.6. The van der Waals surface area contributed by atoms with Gasteiger partial charge in [-0.2, -0.15) is 13.2 Å². The maximum absolute atomic E-state index is 13.2. The molecule has 9 heteroatoms. The van der Waals surface area contributed by atoms with Gasteiger partial charge in [0.15, 0.2) is 0 Å². The van der Waals surface area contributed by atoms with E-state index in [0.717, 1.165) is 22.4 Å². The highest BCUT2D eigenvalue weighted by molar-refractivity contribution is 7.17. The molecule has 0 aliphatic heterocycles. The fourth-order valence-corrected chi connectivity index (χ4v) is 4.51. The molecule has 5 nitrogen and oxygen atoms in total. The Morgan fingerprint density at radius 2 is 1.55 bits per heavy atom. The summed E-state index contributed by atoms with van der Waals surface area (Å²) in [6.45, 7) is 3.61. The van der Waals surface area contributed by atoms with Crippen LogP contribution in [-0.4, -0.2) is 21.6 Å². The molecule has 2 aromatic heterocycles. The molecule has 0 unspecified atom stereocenters. The van der Waals surface area contributed by atoms with Crippen LogP contribution < -0.4 is 5.32 Å². The van der Waals surface area contributed by atoms with E-state index in [9.17, 15) is 22.8 Å². The third-order valence-corrected chi connectivity index (χ3v) is 6.34. The van der Waals surface area contributed by atoms with E-state index >= 15 is 0 Å². The number of nitrogens with zero attached hydrogens (tertiary/aromatic N) is 1. The lowest BCUT2D eigenvalue weighted by atomic mass is 9.93. The second-order valence-corrected chi connectivity index (χ2v) is 8.97. The summed E-state index contributed by atoms with van der Waals surface area (Å²) in [7, 11) is 0. The van der Waals surface area contributed by atoms with E-state index in [0.29, 0.717) is 16.8 Å². The molecule has 170 valence electrons. The van der Waals surface area contributed by atoms with Crippen molar-refractivity contribution in [3.8, 4) is 5.69 Å². The molecule has 2 N–H and O–H groups in total. The monoisotopic (exact) mass is 472 g/mol. The van der Waals surface area contributed by atoms with E-state index in [1.54, 1.807) is 42.1 Å². The van der Waals surface area contributed by atoms with Crippen LogP contribution in [0.4, 0.5) is 13.2 Å². The fourth-order valence-electron chi connectivity index (χ4n) is 3.59. The van der Waals surface area contributed by atoms with Gasteiger partial charge in [0.1, 0.15) is 0 Å². The van der Waals surface area contributed by atoms with Crippen LogP contribution in [0.25, 0.3) is 15.9 Å². The third kappa shape index (κ3) is 4.36. The van der Waals surface area contributed by atoms with Gasteiger partial charge in [-0.25, -0.2) is 4.79 Å². The minimum absolute atomic E-state index is 0.148. The highest BCUT2D eigenvalue weighted by Crippen LogP contribution is 2.33. The number of rotatable bonds is 5. The number of amides is 1. The zero-order valence-electron chi connectivity index (χ0n) is 17.6. The van der Waals surface area contributed by atoms with Crippen molar-refractivity contribution >= 4 is 33.4 Å². The number of halogens is 3. The van der Waals surface area contributed by atoms with Crippen LogP contribution in [0, 0.1) is 0 Å². The van der Waals surface area contributed by atoms with E-state index in [-0.39, 0.29) is 11.5 Å². The Labute approximate surface area is 191 Å². The van der Waals surface area contributed by atoms with Crippen molar-refractivity contribution in [3.63, 3.8) is 0 Å². The summed E-state index contributed by atoms with van der Waals surface area (Å²) in [6, 6.07) is 12.8. The van der Waals surface area contributed by atoms with E-state index in [1.807, 2.05) is 6.07 Å². The normalized spacial score (nSPS) is 12.2. The predicted molar refractivity (Wildman–Crippen MR) is 120 cm³/mol. The standard InChI is InChI=1S/C24H19F3N2O3S/c1-23(2,15-5-3-14(4-6-15)22(31)32)28-21(30)18-13-33-19-11-12-29(20(18)19)17-9-7-16(8-10-17)24(25,26)27/h3-13H,1-2H3,(H,28,30)(H,31,32). The van der Waals surface area contributed by atoms with Crippen molar-refractivity contribution < 1.29 is 27.9 Å². The van der Waals surface area contributed by atoms with Crippen LogP contribution in [0.1, 0.15) is 45.7 Å². The predicted octanol–water partition coefficient (Wildman–Crippen LogP) is 6.07. The Morgan fingerprint density at radius 1 is 0.939 bits per heavy atom. The zero-order valence-corrected chi connectivity index (χ0v) is 18.4. The van der Waals surface area contributed by atoms with Gasteiger partial charge in [0.25, 0.3) is 5.91 Å². The molecule has 0 aliphatic rings. The smallest absolute Gasteiger partial charge is 0.416 e. The molecule has 0 saturated carbocycles. The molecule has 0 aliphatic carbocycles. The van der Waals surface area contributed by atoms with Gasteiger partial charge < -0.3 is 15.0 Å². The highest BCUT2D eigenvalue weighted by atomic mass is 32.1. The van der Waals surface area contributed by atoms with Gasteiger partial charge in [0.05, 0.1) is 32.4 Å². The van der Waals surface area contributed by atoms with Gasteiger partial charge in [-0.05, 0) is 61.9 Å². The molecule has 0 spiro atoms. The average Bonchev–Trinajstić information content (AvgIpc) is 3.35. The summed E-state index contributed by atoms with van der Waals surface area (Å²) in [5.41, 5.74) is 0.848. The number of carbonyl (C=O) groups excluding carboxylic acids is 1. The average molecular weight is 472 g/mol. The van der Waals surface area contributed by atoms with Gasteiger partial charge in [-0.15, -0.1) is 11.3 Å². The molecule has 2 heterocycles. The lowest BCUT2D eigenvalue weighted by molar-refractivity contribution is -0.137. The first-order valence-electron chi connectivity index (χ1n) is 9.90. The number of hydrogen-bond acceptors (Lipinski definition) is 3. The molecule has 2 aromatic carbocycles. The highest BCUT2D eigenvalue weighted by Gasteiger charge is 2.30. The number of nitrogens with one attached hydrogen (secondary N) is 1. The summed E-state index contributed by atoms with van der Waals surface area (Å²) in [5.74, 6) is -1.38. The second kappa shape index (κ2) is 8.08. The van der Waals surface area contributed by atoms with E-state index in [1.165, 1.54) is 35.6 Å². The second-order valence-electron chi connectivity index (χ2n) is 8.05. The van der Waals surface area contributed by atoms with Crippen LogP contribution in [-0.2, 0) is 11.7 Å². The lowest BCUT2D eigenvalue weighted by Crippen LogP contribution is -2.41. The Kier molecular flexibility index (Phi) is 5.53. The third-order valence-electron chi connectivity index (χ3n) is 5.41. The molecular weight excluding hydrogens is 453 g/mol. The van der Waals surface area contributed by atoms with Crippen LogP contribution >= 0.6 is 11.3 Å². The van der Waals surface area contributed by atoms with Gasteiger partial charge >= 0.3 is 12.1 Å². The van der Waals surface area contributed by atoms with Crippen LogP contribution in [0.15, 0.2) is 66.2 Å². The zero-order chi connectivity index (χ0) is 24.0. The van der Waals surface area contributed by atoms with E-state index in [4.69, 9.17) is 5.11 Å². The number of fused-ring (bicyclic) bond motifs is 1. The quantitative estimate of drug-likeness (QED) is 0.370. The molecule has 0 fully saturated rings. The van der Waals surface area contributed by atoms with Crippen molar-refractivity contribution in [2.24, 2.45) is 0 Å². The number of aromatic nitrogens is 1. The number of carboxylic acids is 1. The molecule has 1 amide bonds. The Bertz CT molecular complexity index is 1330. The number of aromatic carboxylic acids is 1. The maximum atomic E-state index is 13.2. The minimum Gasteiger partial charge on any atom is -0.478 e. The SMILES string of the molecule is CC(C)(NC(=O)c1csc2ccn(-c3ccc(C(F)(F)F)cc3)c12)c1ccc(C(=O)O)cc1.